The average Bonchev–Trinajstić information content (AvgIpc) is 2.39. The summed E-state index contributed by atoms with van der Waals surface area (Å²) in [6.45, 7) is -0.0862. The molecule has 0 radical (unpaired) electrons. The van der Waals surface area contributed by atoms with Crippen LogP contribution in [-0.2, 0) is 6.61 Å². The molecule has 94 valence electrons. The van der Waals surface area contributed by atoms with Crippen molar-refractivity contribution in [3.05, 3.63) is 46.5 Å². The van der Waals surface area contributed by atoms with Gasteiger partial charge in [-0.2, -0.15) is 0 Å². The second-order valence-corrected chi connectivity index (χ2v) is 3.48. The van der Waals surface area contributed by atoms with Crippen molar-refractivity contribution in [3.8, 4) is 17.4 Å². The number of aromatic amines is 1. The Kier molecular flexibility index (Phi) is 3.59. The summed E-state index contributed by atoms with van der Waals surface area (Å²) in [5.74, 6) is 0.557. The van der Waals surface area contributed by atoms with Crippen LogP contribution in [0.5, 0.6) is 17.4 Å². The summed E-state index contributed by atoms with van der Waals surface area (Å²) in [4.78, 5) is 17.7. The molecule has 0 aliphatic rings. The van der Waals surface area contributed by atoms with Gasteiger partial charge in [0.05, 0.1) is 20.0 Å². The first kappa shape index (κ1) is 12.1. The largest absolute Gasteiger partial charge is 0.487 e. The molecule has 0 unspecified atom stereocenters. The average molecular weight is 248 g/mol. The lowest BCUT2D eigenvalue weighted by atomic mass is 10.2. The van der Waals surface area contributed by atoms with Gasteiger partial charge in [-0.1, -0.05) is 12.1 Å². The van der Waals surface area contributed by atoms with Gasteiger partial charge in [0.2, 0.25) is 5.75 Å². The van der Waals surface area contributed by atoms with Gasteiger partial charge in [-0.3, -0.25) is 4.79 Å². The van der Waals surface area contributed by atoms with E-state index < -0.39 is 5.56 Å². The number of ether oxygens (including phenoxy) is 2. The molecule has 0 amide bonds. The SMILES string of the molecule is COc1c(Oc2cccc(CO)c2)nc[nH]c1=O. The number of hydrogen-bond acceptors (Lipinski definition) is 5. The molecule has 2 aromatic rings. The van der Waals surface area contributed by atoms with Crippen molar-refractivity contribution in [2.24, 2.45) is 0 Å². The van der Waals surface area contributed by atoms with Crippen LogP contribution in [0.1, 0.15) is 5.56 Å². The van der Waals surface area contributed by atoms with Gasteiger partial charge in [-0.15, -0.1) is 0 Å². The van der Waals surface area contributed by atoms with Gasteiger partial charge < -0.3 is 19.6 Å². The van der Waals surface area contributed by atoms with Crippen molar-refractivity contribution < 1.29 is 14.6 Å². The molecule has 0 fully saturated rings. The van der Waals surface area contributed by atoms with Gasteiger partial charge >= 0.3 is 0 Å². The topological polar surface area (TPSA) is 84.4 Å². The quantitative estimate of drug-likeness (QED) is 0.845. The lowest BCUT2D eigenvalue weighted by Gasteiger charge is -2.08. The molecule has 2 N–H and O–H groups in total. The number of aliphatic hydroxyl groups excluding tert-OH is 1. The van der Waals surface area contributed by atoms with Gasteiger partial charge in [0.1, 0.15) is 5.75 Å². The Morgan fingerprint density at radius 2 is 2.28 bits per heavy atom. The molecule has 1 aromatic carbocycles. The minimum atomic E-state index is -0.416. The standard InChI is InChI=1S/C12H12N2O4/c1-17-10-11(16)13-7-14-12(10)18-9-4-2-3-8(5-9)6-15/h2-5,7,15H,6H2,1H3,(H,13,14,16). The van der Waals surface area contributed by atoms with Gasteiger partial charge in [0, 0.05) is 0 Å². The third-order valence-electron chi connectivity index (χ3n) is 2.28. The van der Waals surface area contributed by atoms with Crippen LogP contribution in [0.15, 0.2) is 35.4 Å². The molecule has 0 atom stereocenters. The van der Waals surface area contributed by atoms with Gasteiger partial charge in [0.15, 0.2) is 0 Å². The van der Waals surface area contributed by atoms with E-state index in [4.69, 9.17) is 14.6 Å². The summed E-state index contributed by atoms with van der Waals surface area (Å²) < 4.78 is 10.4. The van der Waals surface area contributed by atoms with E-state index in [0.29, 0.717) is 11.3 Å². The zero-order valence-corrected chi connectivity index (χ0v) is 9.71. The molecular weight excluding hydrogens is 236 g/mol. The third kappa shape index (κ3) is 2.49. The number of aromatic nitrogens is 2. The van der Waals surface area contributed by atoms with Gasteiger partial charge in [0.25, 0.3) is 11.4 Å². The third-order valence-corrected chi connectivity index (χ3v) is 2.28. The van der Waals surface area contributed by atoms with E-state index in [0.717, 1.165) is 0 Å². The minimum Gasteiger partial charge on any atom is -0.487 e. The first-order valence-electron chi connectivity index (χ1n) is 5.24. The summed E-state index contributed by atoms with van der Waals surface area (Å²) in [6, 6.07) is 6.85. The summed E-state index contributed by atoms with van der Waals surface area (Å²) in [5, 5.41) is 9.02. The zero-order chi connectivity index (χ0) is 13.0. The highest BCUT2D eigenvalue weighted by molar-refractivity contribution is 5.36. The van der Waals surface area contributed by atoms with E-state index in [2.05, 4.69) is 9.97 Å². The first-order valence-corrected chi connectivity index (χ1v) is 5.24. The molecule has 2 rings (SSSR count). The fourth-order valence-corrected chi connectivity index (χ4v) is 1.44. The molecule has 0 saturated heterocycles. The second kappa shape index (κ2) is 5.33. The molecule has 6 nitrogen and oxygen atoms in total. The number of nitrogens with one attached hydrogen (secondary N) is 1. The lowest BCUT2D eigenvalue weighted by molar-refractivity contribution is 0.281. The molecule has 1 aromatic heterocycles. The van der Waals surface area contributed by atoms with Crippen LogP contribution in [0.2, 0.25) is 0 Å². The van der Waals surface area contributed by atoms with Gasteiger partial charge in [-0.05, 0) is 17.7 Å². The molecule has 18 heavy (non-hydrogen) atoms. The molecule has 0 aliphatic heterocycles. The van der Waals surface area contributed by atoms with Gasteiger partial charge in [-0.25, -0.2) is 4.98 Å². The number of benzene rings is 1. The Hall–Kier alpha value is -2.34. The summed E-state index contributed by atoms with van der Waals surface area (Å²) in [7, 11) is 1.36. The fourth-order valence-electron chi connectivity index (χ4n) is 1.44. The zero-order valence-electron chi connectivity index (χ0n) is 9.71. The highest BCUT2D eigenvalue weighted by atomic mass is 16.5. The van der Waals surface area contributed by atoms with Crippen molar-refractivity contribution >= 4 is 0 Å². The van der Waals surface area contributed by atoms with Crippen LogP contribution in [0.25, 0.3) is 0 Å². The second-order valence-electron chi connectivity index (χ2n) is 3.48. The molecular formula is C12H12N2O4. The lowest BCUT2D eigenvalue weighted by Crippen LogP contribution is -2.10. The van der Waals surface area contributed by atoms with E-state index in [1.54, 1.807) is 24.3 Å². The van der Waals surface area contributed by atoms with E-state index >= 15 is 0 Å². The van der Waals surface area contributed by atoms with E-state index in [-0.39, 0.29) is 18.2 Å². The number of aliphatic hydroxyl groups is 1. The fraction of sp³-hybridized carbons (Fsp3) is 0.167. The van der Waals surface area contributed by atoms with Crippen LogP contribution < -0.4 is 15.0 Å². The van der Waals surface area contributed by atoms with Crippen molar-refractivity contribution in [2.75, 3.05) is 7.11 Å². The molecule has 0 spiro atoms. The van der Waals surface area contributed by atoms with Crippen LogP contribution in [-0.4, -0.2) is 22.2 Å². The maximum Gasteiger partial charge on any atom is 0.297 e. The number of methoxy groups -OCH3 is 1. The smallest absolute Gasteiger partial charge is 0.297 e. The van der Waals surface area contributed by atoms with Crippen molar-refractivity contribution in [3.63, 3.8) is 0 Å². The number of hydrogen-bond donors (Lipinski definition) is 2. The van der Waals surface area contributed by atoms with Crippen LogP contribution in [0.4, 0.5) is 0 Å². The predicted molar refractivity (Wildman–Crippen MR) is 63.8 cm³/mol. The molecule has 0 aliphatic carbocycles. The first-order chi connectivity index (χ1) is 8.74. The monoisotopic (exact) mass is 248 g/mol. The number of H-pyrrole nitrogens is 1. The molecule has 0 bridgehead atoms. The molecule has 1 heterocycles. The summed E-state index contributed by atoms with van der Waals surface area (Å²) >= 11 is 0. The highest BCUT2D eigenvalue weighted by Gasteiger charge is 2.11. The maximum absolute atomic E-state index is 11.4. The number of nitrogens with zero attached hydrogens (tertiary/aromatic N) is 1. The minimum absolute atomic E-state index is 0.00639. The van der Waals surface area contributed by atoms with Crippen LogP contribution >= 0.6 is 0 Å². The Morgan fingerprint density at radius 1 is 1.44 bits per heavy atom. The summed E-state index contributed by atoms with van der Waals surface area (Å²) in [6.07, 6.45) is 1.23. The summed E-state index contributed by atoms with van der Waals surface area (Å²) in [5.41, 5.74) is 0.289. The predicted octanol–water partition coefficient (Wildman–Crippen LogP) is 1.06. The van der Waals surface area contributed by atoms with E-state index in [9.17, 15) is 4.79 Å². The normalized spacial score (nSPS) is 10.1. The van der Waals surface area contributed by atoms with Crippen LogP contribution in [0.3, 0.4) is 0 Å². The molecule has 6 heteroatoms. The Morgan fingerprint density at radius 3 is 3.00 bits per heavy atom. The Bertz CT molecular complexity index is 595. The van der Waals surface area contributed by atoms with Crippen LogP contribution in [0, 0.1) is 0 Å². The van der Waals surface area contributed by atoms with E-state index in [1.165, 1.54) is 13.4 Å². The van der Waals surface area contributed by atoms with Crippen molar-refractivity contribution in [1.82, 2.24) is 9.97 Å². The van der Waals surface area contributed by atoms with E-state index in [1.807, 2.05) is 0 Å². The maximum atomic E-state index is 11.4. The Labute approximate surface area is 103 Å². The Balaban J connectivity index is 2.33. The highest BCUT2D eigenvalue weighted by Crippen LogP contribution is 2.25. The number of rotatable bonds is 4. The van der Waals surface area contributed by atoms with Crippen molar-refractivity contribution in [2.45, 2.75) is 6.61 Å². The van der Waals surface area contributed by atoms with Crippen molar-refractivity contribution in [1.29, 1.82) is 0 Å². The molecule has 0 saturated carbocycles.